The molecule has 1 rings (SSSR count). The summed E-state index contributed by atoms with van der Waals surface area (Å²) in [4.78, 5) is 0. The molecule has 1 heteroatoms. The molecule has 1 aliphatic rings. The van der Waals surface area contributed by atoms with Crippen LogP contribution in [-0.2, 0) is 0 Å². The summed E-state index contributed by atoms with van der Waals surface area (Å²) in [5.74, 6) is 0. The molecule has 0 aromatic rings. The van der Waals surface area contributed by atoms with Gasteiger partial charge in [-0.3, -0.25) is 0 Å². The molecule has 0 aromatic carbocycles. The van der Waals surface area contributed by atoms with Crippen molar-refractivity contribution < 1.29 is 0 Å². The van der Waals surface area contributed by atoms with Crippen molar-refractivity contribution in [2.75, 3.05) is 0 Å². The normalized spacial score (nSPS) is 20.3. The van der Waals surface area contributed by atoms with Gasteiger partial charge in [0.1, 0.15) is 0 Å². The maximum atomic E-state index is 5.74. The third-order valence-corrected chi connectivity index (χ3v) is 1.86. The number of allylic oxidation sites excluding steroid dienone is 4. The molecule has 0 saturated carbocycles. The van der Waals surface area contributed by atoms with Crippen LogP contribution in [0.15, 0.2) is 35.5 Å². The molecular formula is C10H15N. The van der Waals surface area contributed by atoms with E-state index in [1.807, 2.05) is 6.92 Å². The average Bonchev–Trinajstić information content (AvgIpc) is 2.13. The molecular weight excluding hydrogens is 134 g/mol. The second-order valence-electron chi connectivity index (χ2n) is 3.01. The van der Waals surface area contributed by atoms with Crippen LogP contribution in [0.3, 0.4) is 0 Å². The van der Waals surface area contributed by atoms with Crippen molar-refractivity contribution in [3.63, 3.8) is 0 Å². The van der Waals surface area contributed by atoms with Gasteiger partial charge in [0, 0.05) is 6.04 Å². The summed E-state index contributed by atoms with van der Waals surface area (Å²) in [5, 5.41) is 0. The van der Waals surface area contributed by atoms with Crippen molar-refractivity contribution >= 4 is 0 Å². The summed E-state index contributed by atoms with van der Waals surface area (Å²) < 4.78 is 0. The molecule has 2 N–H and O–H groups in total. The molecule has 0 aliphatic heterocycles. The highest BCUT2D eigenvalue weighted by atomic mass is 14.6. The van der Waals surface area contributed by atoms with E-state index in [4.69, 9.17) is 5.73 Å². The van der Waals surface area contributed by atoms with E-state index in [2.05, 4.69) is 31.2 Å². The van der Waals surface area contributed by atoms with Crippen molar-refractivity contribution in [2.45, 2.75) is 26.3 Å². The van der Waals surface area contributed by atoms with Gasteiger partial charge in [-0.1, -0.05) is 29.9 Å². The Morgan fingerprint density at radius 3 is 2.73 bits per heavy atom. The summed E-state index contributed by atoms with van der Waals surface area (Å²) in [6, 6.07) is 0.158. The average molecular weight is 149 g/mol. The molecule has 0 saturated heterocycles. The zero-order valence-corrected chi connectivity index (χ0v) is 7.17. The molecule has 1 atom stereocenters. The molecule has 1 unspecified atom stereocenters. The number of rotatable bonds is 1. The Bertz CT molecular complexity index is 219. The molecule has 1 nitrogen and oxygen atoms in total. The van der Waals surface area contributed by atoms with E-state index in [0.29, 0.717) is 0 Å². The summed E-state index contributed by atoms with van der Waals surface area (Å²) >= 11 is 0. The maximum absolute atomic E-state index is 5.74. The highest BCUT2D eigenvalue weighted by Crippen LogP contribution is 2.11. The van der Waals surface area contributed by atoms with Crippen LogP contribution in [0, 0.1) is 0 Å². The van der Waals surface area contributed by atoms with Crippen molar-refractivity contribution in [2.24, 2.45) is 5.73 Å². The molecule has 0 heterocycles. The highest BCUT2D eigenvalue weighted by molar-refractivity contribution is 5.33. The Balaban J connectivity index is 2.74. The second kappa shape index (κ2) is 3.54. The van der Waals surface area contributed by atoms with E-state index >= 15 is 0 Å². The summed E-state index contributed by atoms with van der Waals surface area (Å²) in [5.41, 5.74) is 8.29. The molecule has 0 radical (unpaired) electrons. The van der Waals surface area contributed by atoms with E-state index < -0.39 is 0 Å². The van der Waals surface area contributed by atoms with Gasteiger partial charge in [-0.2, -0.15) is 0 Å². The van der Waals surface area contributed by atoms with E-state index in [1.165, 1.54) is 11.1 Å². The van der Waals surface area contributed by atoms with Gasteiger partial charge in [0.25, 0.3) is 0 Å². The fraction of sp³-hybridized carbons (Fsp3) is 0.400. The van der Waals surface area contributed by atoms with Crippen molar-refractivity contribution in [1.82, 2.24) is 0 Å². The van der Waals surface area contributed by atoms with Crippen LogP contribution in [0.2, 0.25) is 0 Å². The van der Waals surface area contributed by atoms with Crippen LogP contribution in [0.4, 0.5) is 0 Å². The van der Waals surface area contributed by atoms with E-state index in [-0.39, 0.29) is 6.04 Å². The third-order valence-electron chi connectivity index (χ3n) is 1.86. The van der Waals surface area contributed by atoms with Gasteiger partial charge in [0.15, 0.2) is 0 Å². The molecule has 0 fully saturated rings. The van der Waals surface area contributed by atoms with Gasteiger partial charge in [0.05, 0.1) is 0 Å². The van der Waals surface area contributed by atoms with Gasteiger partial charge in [0.2, 0.25) is 0 Å². The van der Waals surface area contributed by atoms with E-state index in [0.717, 1.165) is 6.42 Å². The minimum Gasteiger partial charge on any atom is -0.324 e. The molecule has 11 heavy (non-hydrogen) atoms. The van der Waals surface area contributed by atoms with Gasteiger partial charge in [-0.25, -0.2) is 0 Å². The zero-order chi connectivity index (χ0) is 8.27. The van der Waals surface area contributed by atoms with Crippen molar-refractivity contribution in [3.8, 4) is 0 Å². The second-order valence-corrected chi connectivity index (χ2v) is 3.01. The SMILES string of the molecule is CC1=CCC=C(C(C)N)C=C1. The largest absolute Gasteiger partial charge is 0.324 e. The Morgan fingerprint density at radius 1 is 1.36 bits per heavy atom. The summed E-state index contributed by atoms with van der Waals surface area (Å²) in [6.07, 6.45) is 9.60. The lowest BCUT2D eigenvalue weighted by Gasteiger charge is -2.04. The first-order chi connectivity index (χ1) is 5.20. The Labute approximate surface area is 68.3 Å². The zero-order valence-electron chi connectivity index (χ0n) is 7.17. The molecule has 1 aliphatic carbocycles. The fourth-order valence-electron chi connectivity index (χ4n) is 1.08. The summed E-state index contributed by atoms with van der Waals surface area (Å²) in [6.45, 7) is 4.12. The van der Waals surface area contributed by atoms with Crippen molar-refractivity contribution in [1.29, 1.82) is 0 Å². The van der Waals surface area contributed by atoms with Crippen LogP contribution >= 0.6 is 0 Å². The maximum Gasteiger partial charge on any atom is 0.0263 e. The number of hydrogen-bond donors (Lipinski definition) is 1. The van der Waals surface area contributed by atoms with Crippen LogP contribution in [-0.4, -0.2) is 6.04 Å². The lowest BCUT2D eigenvalue weighted by Crippen LogP contribution is -2.16. The lowest BCUT2D eigenvalue weighted by molar-refractivity contribution is 0.880. The fourth-order valence-corrected chi connectivity index (χ4v) is 1.08. The first kappa shape index (κ1) is 8.28. The Morgan fingerprint density at radius 2 is 2.09 bits per heavy atom. The first-order valence-corrected chi connectivity index (χ1v) is 4.00. The highest BCUT2D eigenvalue weighted by Gasteiger charge is 1.99. The van der Waals surface area contributed by atoms with Crippen molar-refractivity contribution in [3.05, 3.63) is 35.5 Å². The quantitative estimate of drug-likeness (QED) is 0.607. The van der Waals surface area contributed by atoms with Crippen LogP contribution in [0.1, 0.15) is 20.3 Å². The minimum atomic E-state index is 0.158. The van der Waals surface area contributed by atoms with Crippen LogP contribution in [0.25, 0.3) is 0 Å². The molecule has 0 aromatic heterocycles. The summed E-state index contributed by atoms with van der Waals surface area (Å²) in [7, 11) is 0. The topological polar surface area (TPSA) is 26.0 Å². The van der Waals surface area contributed by atoms with Gasteiger partial charge >= 0.3 is 0 Å². The van der Waals surface area contributed by atoms with Crippen LogP contribution < -0.4 is 5.73 Å². The smallest absolute Gasteiger partial charge is 0.0263 e. The number of hydrogen-bond acceptors (Lipinski definition) is 1. The first-order valence-electron chi connectivity index (χ1n) is 4.00. The molecule has 0 bridgehead atoms. The Hall–Kier alpha value is -0.820. The molecule has 0 amide bonds. The molecule has 0 spiro atoms. The standard InChI is InChI=1S/C10H15N/c1-8-4-3-5-10(7-6-8)9(2)11/h4-7,9H,3,11H2,1-2H3. The Kier molecular flexibility index (Phi) is 2.66. The van der Waals surface area contributed by atoms with E-state index in [1.54, 1.807) is 0 Å². The lowest BCUT2D eigenvalue weighted by atomic mass is 10.1. The van der Waals surface area contributed by atoms with E-state index in [9.17, 15) is 0 Å². The van der Waals surface area contributed by atoms with Gasteiger partial charge in [-0.15, -0.1) is 0 Å². The third kappa shape index (κ3) is 2.35. The van der Waals surface area contributed by atoms with Gasteiger partial charge in [-0.05, 0) is 25.8 Å². The van der Waals surface area contributed by atoms with Crippen LogP contribution in [0.5, 0.6) is 0 Å². The molecule has 60 valence electrons. The minimum absolute atomic E-state index is 0.158. The van der Waals surface area contributed by atoms with Gasteiger partial charge < -0.3 is 5.73 Å². The monoisotopic (exact) mass is 149 g/mol. The predicted octanol–water partition coefficient (Wildman–Crippen LogP) is 2.17. The number of nitrogens with two attached hydrogens (primary N) is 1. The predicted molar refractivity (Wildman–Crippen MR) is 49.2 cm³/mol.